The number of rotatable bonds is 4. The van der Waals surface area contributed by atoms with Crippen LogP contribution in [0.25, 0.3) is 0 Å². The van der Waals surface area contributed by atoms with Gasteiger partial charge in [0.2, 0.25) is 0 Å². The first kappa shape index (κ1) is 16.9. The van der Waals surface area contributed by atoms with Gasteiger partial charge in [-0.2, -0.15) is 0 Å². The molecule has 0 aliphatic heterocycles. The Morgan fingerprint density at radius 1 is 1.04 bits per heavy atom. The van der Waals surface area contributed by atoms with Crippen molar-refractivity contribution in [2.75, 3.05) is 11.9 Å². The molecule has 2 aromatic carbocycles. The second-order valence-electron chi connectivity index (χ2n) is 5.24. The molecule has 0 saturated carbocycles. The van der Waals surface area contributed by atoms with Gasteiger partial charge in [-0.05, 0) is 37.9 Å². The van der Waals surface area contributed by atoms with Crippen LogP contribution < -0.4 is 5.32 Å². The van der Waals surface area contributed by atoms with Crippen LogP contribution >= 0.6 is 31.9 Å². The van der Waals surface area contributed by atoms with Crippen LogP contribution in [0.2, 0.25) is 0 Å². The molecule has 3 rings (SSSR count). The lowest BCUT2D eigenvalue weighted by molar-refractivity contribution is -0.136. The predicted octanol–water partition coefficient (Wildman–Crippen LogP) is 3.87. The van der Waals surface area contributed by atoms with Gasteiger partial charge in [0.1, 0.15) is 0 Å². The number of halogens is 2. The number of carboxylic acid groups (broad SMARTS) is 1. The average Bonchev–Trinajstić information content (AvgIpc) is 2.56. The van der Waals surface area contributed by atoms with Crippen molar-refractivity contribution < 1.29 is 19.5 Å². The fourth-order valence-corrected chi connectivity index (χ4v) is 3.54. The van der Waals surface area contributed by atoms with Gasteiger partial charge in [0.25, 0.3) is 0 Å². The van der Waals surface area contributed by atoms with E-state index in [4.69, 9.17) is 5.11 Å². The Morgan fingerprint density at radius 2 is 1.67 bits per heavy atom. The van der Waals surface area contributed by atoms with Crippen LogP contribution in [0, 0.1) is 0 Å². The number of benzene rings is 2. The summed E-state index contributed by atoms with van der Waals surface area (Å²) in [5, 5.41) is 11.8. The van der Waals surface area contributed by atoms with Crippen molar-refractivity contribution in [2.45, 2.75) is 6.42 Å². The second-order valence-corrected chi connectivity index (χ2v) is 6.89. The number of anilines is 1. The lowest BCUT2D eigenvalue weighted by Gasteiger charge is -2.22. The minimum Gasteiger partial charge on any atom is -0.481 e. The van der Waals surface area contributed by atoms with Gasteiger partial charge in [0.15, 0.2) is 11.6 Å². The first-order chi connectivity index (χ1) is 11.4. The monoisotopic (exact) mass is 451 g/mol. The first-order valence-electron chi connectivity index (χ1n) is 7.08. The maximum absolute atomic E-state index is 12.9. The zero-order valence-corrected chi connectivity index (χ0v) is 15.4. The van der Waals surface area contributed by atoms with Gasteiger partial charge < -0.3 is 10.4 Å². The molecule has 0 heterocycles. The summed E-state index contributed by atoms with van der Waals surface area (Å²) in [5.41, 5.74) is 1.71. The molecule has 0 fully saturated rings. The normalized spacial score (nSPS) is 12.6. The van der Waals surface area contributed by atoms with Gasteiger partial charge in [-0.3, -0.25) is 14.4 Å². The average molecular weight is 453 g/mol. The number of ketones is 2. The summed E-state index contributed by atoms with van der Waals surface area (Å²) >= 11 is 6.76. The molecule has 0 unspecified atom stereocenters. The van der Waals surface area contributed by atoms with Crippen molar-refractivity contribution in [3.8, 4) is 0 Å². The fraction of sp³-hybridized carbons (Fsp3) is 0.118. The van der Waals surface area contributed by atoms with Crippen molar-refractivity contribution in [1.82, 2.24) is 0 Å². The van der Waals surface area contributed by atoms with E-state index in [-0.39, 0.29) is 30.1 Å². The highest BCUT2D eigenvalue weighted by molar-refractivity contribution is 9.13. The Hall–Kier alpha value is -1.99. The Morgan fingerprint density at radius 3 is 2.29 bits per heavy atom. The number of hydrogen-bond acceptors (Lipinski definition) is 4. The molecular weight excluding hydrogens is 442 g/mol. The minimum atomic E-state index is -0.949. The number of fused-ring (bicyclic) bond motifs is 2. The number of carbonyl (C=O) groups is 3. The predicted molar refractivity (Wildman–Crippen MR) is 95.9 cm³/mol. The quantitative estimate of drug-likeness (QED) is 0.627. The van der Waals surface area contributed by atoms with Crippen LogP contribution in [-0.2, 0) is 4.79 Å². The molecule has 0 radical (unpaired) electrons. The van der Waals surface area contributed by atoms with E-state index < -0.39 is 5.97 Å². The lowest BCUT2D eigenvalue weighted by atomic mass is 9.83. The van der Waals surface area contributed by atoms with Crippen molar-refractivity contribution in [3.05, 3.63) is 61.5 Å². The molecule has 2 N–H and O–H groups in total. The van der Waals surface area contributed by atoms with E-state index in [0.29, 0.717) is 31.3 Å². The van der Waals surface area contributed by atoms with Crippen LogP contribution in [-0.4, -0.2) is 29.2 Å². The number of hydrogen-bond donors (Lipinski definition) is 2. The summed E-state index contributed by atoms with van der Waals surface area (Å²) in [6.45, 7) is 0.139. The zero-order chi connectivity index (χ0) is 17.4. The van der Waals surface area contributed by atoms with E-state index in [9.17, 15) is 14.4 Å². The second kappa shape index (κ2) is 6.49. The summed E-state index contributed by atoms with van der Waals surface area (Å²) in [5.74, 6) is -1.43. The summed E-state index contributed by atoms with van der Waals surface area (Å²) in [6, 6.07) is 8.29. The van der Waals surface area contributed by atoms with Gasteiger partial charge in [-0.1, -0.05) is 24.3 Å². The maximum Gasteiger partial charge on any atom is 0.305 e. The number of nitrogens with one attached hydrogen (secondary N) is 1. The van der Waals surface area contributed by atoms with Gasteiger partial charge in [-0.15, -0.1) is 0 Å². The summed E-state index contributed by atoms with van der Waals surface area (Å²) in [7, 11) is 0. The van der Waals surface area contributed by atoms with Crippen LogP contribution in [0.5, 0.6) is 0 Å². The van der Waals surface area contributed by atoms with Gasteiger partial charge in [-0.25, -0.2) is 0 Å². The van der Waals surface area contributed by atoms with Crippen LogP contribution in [0.15, 0.2) is 39.3 Å². The van der Waals surface area contributed by atoms with E-state index in [0.717, 1.165) is 0 Å². The largest absolute Gasteiger partial charge is 0.481 e. The number of carboxylic acids is 1. The minimum absolute atomic E-state index is 0.105. The van der Waals surface area contributed by atoms with Gasteiger partial charge in [0.05, 0.1) is 22.1 Å². The fourth-order valence-electron chi connectivity index (χ4n) is 2.66. The SMILES string of the molecule is O=C(O)CCNc1c(Br)c(Br)cc2c1C(=O)c1ccccc1C2=O. The molecule has 122 valence electrons. The Bertz CT molecular complexity index is 892. The Balaban J connectivity index is 2.15. The molecule has 0 spiro atoms. The van der Waals surface area contributed by atoms with Crippen LogP contribution in [0.4, 0.5) is 5.69 Å². The molecule has 0 aromatic heterocycles. The molecule has 7 heteroatoms. The van der Waals surface area contributed by atoms with Crippen molar-refractivity contribution in [3.63, 3.8) is 0 Å². The van der Waals surface area contributed by atoms with Crippen molar-refractivity contribution in [1.29, 1.82) is 0 Å². The molecule has 0 bridgehead atoms. The van der Waals surface area contributed by atoms with E-state index in [1.807, 2.05) is 0 Å². The van der Waals surface area contributed by atoms with E-state index in [2.05, 4.69) is 37.2 Å². The van der Waals surface area contributed by atoms with Crippen LogP contribution in [0.3, 0.4) is 0 Å². The first-order valence-corrected chi connectivity index (χ1v) is 8.66. The van der Waals surface area contributed by atoms with E-state index in [1.165, 1.54) is 0 Å². The highest BCUT2D eigenvalue weighted by Gasteiger charge is 2.33. The summed E-state index contributed by atoms with van der Waals surface area (Å²) in [4.78, 5) is 36.4. The smallest absolute Gasteiger partial charge is 0.305 e. The van der Waals surface area contributed by atoms with Crippen molar-refractivity contribution >= 4 is 55.1 Å². The maximum atomic E-state index is 12.9. The van der Waals surface area contributed by atoms with Crippen molar-refractivity contribution in [2.24, 2.45) is 0 Å². The van der Waals surface area contributed by atoms with E-state index in [1.54, 1.807) is 30.3 Å². The summed E-state index contributed by atoms with van der Waals surface area (Å²) < 4.78 is 1.19. The highest BCUT2D eigenvalue weighted by Crippen LogP contribution is 2.40. The molecule has 1 aliphatic rings. The molecule has 5 nitrogen and oxygen atoms in total. The third-order valence-corrected chi connectivity index (χ3v) is 5.73. The standard InChI is InChI=1S/C17H11Br2NO4/c18-11-7-10-13(15(14(11)19)20-6-5-12(21)22)17(24)9-4-2-1-3-8(9)16(10)23/h1-4,7,20H,5-6H2,(H,21,22). The third kappa shape index (κ3) is 2.78. The number of carbonyl (C=O) groups excluding carboxylic acids is 2. The van der Waals surface area contributed by atoms with Gasteiger partial charge in [0, 0.05) is 27.7 Å². The molecule has 2 aromatic rings. The summed E-state index contributed by atoms with van der Waals surface area (Å²) in [6.07, 6.45) is -0.105. The Kier molecular flexibility index (Phi) is 4.56. The third-order valence-electron chi connectivity index (χ3n) is 3.75. The van der Waals surface area contributed by atoms with E-state index >= 15 is 0 Å². The lowest BCUT2D eigenvalue weighted by Crippen LogP contribution is -2.23. The molecule has 0 saturated heterocycles. The topological polar surface area (TPSA) is 83.5 Å². The molecule has 0 amide bonds. The molecular formula is C17H11Br2NO4. The molecule has 24 heavy (non-hydrogen) atoms. The highest BCUT2D eigenvalue weighted by atomic mass is 79.9. The molecule has 1 aliphatic carbocycles. The molecule has 0 atom stereocenters. The van der Waals surface area contributed by atoms with Crippen LogP contribution in [0.1, 0.15) is 38.3 Å². The Labute approximate surface area is 154 Å². The van der Waals surface area contributed by atoms with Gasteiger partial charge >= 0.3 is 5.97 Å². The zero-order valence-electron chi connectivity index (χ0n) is 12.2. The number of aliphatic carboxylic acids is 1.